The Hall–Kier alpha value is -2.73. The van der Waals surface area contributed by atoms with E-state index >= 15 is 0 Å². The van der Waals surface area contributed by atoms with Gasteiger partial charge >= 0.3 is 0 Å². The van der Waals surface area contributed by atoms with E-state index < -0.39 is 0 Å². The fourth-order valence-electron chi connectivity index (χ4n) is 2.06. The quantitative estimate of drug-likeness (QED) is 0.669. The molecule has 0 unspecified atom stereocenters. The van der Waals surface area contributed by atoms with Crippen molar-refractivity contribution in [3.05, 3.63) is 71.2 Å². The number of hydrogen-bond acceptors (Lipinski definition) is 3. The molecule has 0 atom stereocenters. The highest BCUT2D eigenvalue weighted by Crippen LogP contribution is 2.16. The summed E-state index contributed by atoms with van der Waals surface area (Å²) in [5.41, 5.74) is 2.15. The Labute approximate surface area is 138 Å². The average Bonchev–Trinajstić information content (AvgIpc) is 2.86. The van der Waals surface area contributed by atoms with E-state index in [9.17, 15) is 9.18 Å². The van der Waals surface area contributed by atoms with Gasteiger partial charge in [-0.2, -0.15) is 0 Å². The second-order valence-corrected chi connectivity index (χ2v) is 5.36. The van der Waals surface area contributed by atoms with Crippen molar-refractivity contribution in [3.63, 3.8) is 0 Å². The van der Waals surface area contributed by atoms with Crippen molar-refractivity contribution in [3.8, 4) is 5.75 Å². The van der Waals surface area contributed by atoms with Crippen LogP contribution in [0.2, 0.25) is 0 Å². The highest BCUT2D eigenvalue weighted by atomic mass is 32.1. The van der Waals surface area contributed by atoms with Crippen LogP contribution in [-0.2, 0) is 11.4 Å². The van der Waals surface area contributed by atoms with Crippen molar-refractivity contribution in [2.24, 2.45) is 0 Å². The average molecular weight is 328 g/mol. The molecule has 0 aliphatic carbocycles. The molecule has 4 nitrogen and oxygen atoms in total. The molecule has 6 heteroatoms. The summed E-state index contributed by atoms with van der Waals surface area (Å²) in [6, 6.07) is 13.5. The molecule has 0 radical (unpaired) electrons. The van der Waals surface area contributed by atoms with Crippen LogP contribution in [0.15, 0.2) is 54.2 Å². The molecule has 2 aromatic carbocycles. The lowest BCUT2D eigenvalue weighted by Crippen LogP contribution is -2.21. The smallest absolute Gasteiger partial charge is 0.273 e. The van der Waals surface area contributed by atoms with Crippen molar-refractivity contribution in [1.29, 1.82) is 0 Å². The van der Waals surface area contributed by atoms with E-state index in [1.54, 1.807) is 30.3 Å². The van der Waals surface area contributed by atoms with Crippen LogP contribution in [0.1, 0.15) is 11.1 Å². The predicted octanol–water partition coefficient (Wildman–Crippen LogP) is 2.75. The van der Waals surface area contributed by atoms with Gasteiger partial charge in [0.2, 0.25) is 0 Å². The largest absolute Gasteiger partial charge is 0.489 e. The number of halogens is 1. The van der Waals surface area contributed by atoms with Crippen molar-refractivity contribution in [2.45, 2.75) is 6.61 Å². The number of hydrogen-bond donors (Lipinski definition) is 2. The summed E-state index contributed by atoms with van der Waals surface area (Å²) in [5, 5.41) is 5.60. The zero-order chi connectivity index (χ0) is 16.2. The molecule has 0 bridgehead atoms. The van der Waals surface area contributed by atoms with Gasteiger partial charge < -0.3 is 10.1 Å². The number of carbonyl (C=O) groups excluding carboxylic acids is 1. The van der Waals surface area contributed by atoms with E-state index in [4.69, 9.17) is 17.0 Å². The molecule has 116 valence electrons. The predicted molar refractivity (Wildman–Crippen MR) is 89.0 cm³/mol. The maximum Gasteiger partial charge on any atom is 0.273 e. The van der Waals surface area contributed by atoms with Gasteiger partial charge in [0.25, 0.3) is 5.91 Å². The molecule has 23 heavy (non-hydrogen) atoms. The van der Waals surface area contributed by atoms with Crippen LogP contribution in [-0.4, -0.2) is 11.0 Å². The number of carbonyl (C=O) groups is 1. The summed E-state index contributed by atoms with van der Waals surface area (Å²) in [4.78, 5) is 11.6. The Bertz CT molecular complexity index is 770. The molecule has 0 spiro atoms. The maximum absolute atomic E-state index is 12.8. The molecule has 0 saturated carbocycles. The summed E-state index contributed by atoms with van der Waals surface area (Å²) >= 11 is 4.87. The van der Waals surface area contributed by atoms with E-state index in [0.717, 1.165) is 11.1 Å². The maximum atomic E-state index is 12.8. The fraction of sp³-hybridized carbons (Fsp3) is 0.0588. The molecule has 2 N–H and O–H groups in total. The topological polar surface area (TPSA) is 50.4 Å². The van der Waals surface area contributed by atoms with Gasteiger partial charge in [-0.1, -0.05) is 24.3 Å². The van der Waals surface area contributed by atoms with Gasteiger partial charge in [-0.15, -0.1) is 0 Å². The second kappa shape index (κ2) is 6.58. The Morgan fingerprint density at radius 1 is 1.04 bits per heavy atom. The Balaban J connectivity index is 1.63. The number of nitrogens with one attached hydrogen (secondary N) is 2. The Morgan fingerprint density at radius 2 is 1.74 bits per heavy atom. The van der Waals surface area contributed by atoms with Gasteiger partial charge in [0.05, 0.1) is 0 Å². The molecule has 2 aromatic rings. The molecule has 1 aliphatic heterocycles. The summed E-state index contributed by atoms with van der Waals surface area (Å²) < 4.78 is 18.5. The van der Waals surface area contributed by atoms with Gasteiger partial charge in [0, 0.05) is 0 Å². The first-order chi connectivity index (χ1) is 11.1. The zero-order valence-electron chi connectivity index (χ0n) is 12.0. The second-order valence-electron chi connectivity index (χ2n) is 4.95. The van der Waals surface area contributed by atoms with Crippen LogP contribution in [0, 0.1) is 5.82 Å². The van der Waals surface area contributed by atoms with Crippen LogP contribution in [0.5, 0.6) is 5.75 Å². The van der Waals surface area contributed by atoms with Crippen molar-refractivity contribution >= 4 is 29.3 Å². The lowest BCUT2D eigenvalue weighted by molar-refractivity contribution is -0.115. The highest BCUT2D eigenvalue weighted by molar-refractivity contribution is 7.80. The molecular weight excluding hydrogens is 315 g/mol. The Morgan fingerprint density at radius 3 is 2.35 bits per heavy atom. The van der Waals surface area contributed by atoms with Crippen LogP contribution in [0.4, 0.5) is 4.39 Å². The van der Waals surface area contributed by atoms with E-state index in [1.807, 2.05) is 12.1 Å². The normalized spacial score (nSPS) is 15.4. The molecule has 1 amide bonds. The summed E-state index contributed by atoms with van der Waals surface area (Å²) in [5.74, 6) is 0.178. The molecule has 0 aromatic heterocycles. The lowest BCUT2D eigenvalue weighted by atomic mass is 10.2. The summed E-state index contributed by atoms with van der Waals surface area (Å²) in [6.45, 7) is 0.360. The summed E-state index contributed by atoms with van der Waals surface area (Å²) in [7, 11) is 0. The van der Waals surface area contributed by atoms with Gasteiger partial charge in [-0.3, -0.25) is 10.1 Å². The van der Waals surface area contributed by atoms with Gasteiger partial charge in [-0.05, 0) is 53.7 Å². The van der Waals surface area contributed by atoms with Gasteiger partial charge in [-0.25, -0.2) is 4.39 Å². The minimum atomic E-state index is -0.268. The van der Waals surface area contributed by atoms with E-state index in [-0.39, 0.29) is 11.7 Å². The van der Waals surface area contributed by atoms with Crippen molar-refractivity contribution < 1.29 is 13.9 Å². The Kier molecular flexibility index (Phi) is 4.34. The first kappa shape index (κ1) is 15.2. The van der Waals surface area contributed by atoms with E-state index in [0.29, 0.717) is 23.2 Å². The molecule has 3 rings (SSSR count). The third kappa shape index (κ3) is 3.92. The van der Waals surface area contributed by atoms with E-state index in [2.05, 4.69) is 10.6 Å². The van der Waals surface area contributed by atoms with Crippen LogP contribution in [0.3, 0.4) is 0 Å². The fourth-order valence-corrected chi connectivity index (χ4v) is 2.26. The number of ether oxygens (including phenoxy) is 1. The third-order valence-corrected chi connectivity index (χ3v) is 3.43. The first-order valence-electron chi connectivity index (χ1n) is 6.91. The number of benzene rings is 2. The molecule has 1 fully saturated rings. The number of thiocarbonyl (C=S) groups is 1. The number of amides is 1. The molecular formula is C17H13FN2O2S. The minimum absolute atomic E-state index is 0.244. The van der Waals surface area contributed by atoms with Crippen molar-refractivity contribution in [1.82, 2.24) is 10.6 Å². The third-order valence-electron chi connectivity index (χ3n) is 3.23. The van der Waals surface area contributed by atoms with Crippen LogP contribution < -0.4 is 15.4 Å². The monoisotopic (exact) mass is 328 g/mol. The lowest BCUT2D eigenvalue weighted by Gasteiger charge is -2.06. The minimum Gasteiger partial charge on any atom is -0.489 e. The number of rotatable bonds is 4. The van der Waals surface area contributed by atoms with Crippen molar-refractivity contribution in [2.75, 3.05) is 0 Å². The van der Waals surface area contributed by atoms with Crippen LogP contribution in [0.25, 0.3) is 6.08 Å². The first-order valence-corrected chi connectivity index (χ1v) is 7.32. The van der Waals surface area contributed by atoms with E-state index in [1.165, 1.54) is 12.1 Å². The zero-order valence-corrected chi connectivity index (χ0v) is 12.8. The highest BCUT2D eigenvalue weighted by Gasteiger charge is 2.19. The molecule has 1 saturated heterocycles. The van der Waals surface area contributed by atoms with Crippen LogP contribution >= 0.6 is 12.2 Å². The van der Waals surface area contributed by atoms with Gasteiger partial charge in [0.1, 0.15) is 23.9 Å². The standard InChI is InChI=1S/C17H13FN2O2S/c18-13-5-1-12(2-6-13)10-22-14-7-3-11(4-8-14)9-15-16(21)20-17(23)19-15/h1-9H,10H2,(H2,19,20,21,23)/b15-9+. The summed E-state index contributed by atoms with van der Waals surface area (Å²) in [6.07, 6.45) is 1.71. The van der Waals surface area contributed by atoms with Gasteiger partial charge in [0.15, 0.2) is 5.11 Å². The molecule has 1 aliphatic rings. The molecule has 1 heterocycles. The SMILES string of the molecule is O=C1NC(=S)N/C1=C/c1ccc(OCc2ccc(F)cc2)cc1.